The van der Waals surface area contributed by atoms with Gasteiger partial charge in [-0.3, -0.25) is 4.99 Å². The number of aliphatic imine (C=N–C) groups is 1. The van der Waals surface area contributed by atoms with Gasteiger partial charge in [-0.1, -0.05) is 19.9 Å². The molecule has 0 aliphatic carbocycles. The molecule has 1 aliphatic heterocycles. The predicted octanol–water partition coefficient (Wildman–Crippen LogP) is 2.74. The minimum Gasteiger partial charge on any atom is -0.356 e. The lowest BCUT2D eigenvalue weighted by Gasteiger charge is -2.36. The third-order valence-electron chi connectivity index (χ3n) is 4.57. The Morgan fingerprint density at radius 1 is 1.35 bits per heavy atom. The normalized spacial score (nSPS) is 16.8. The van der Waals surface area contributed by atoms with Crippen LogP contribution in [-0.4, -0.2) is 60.0 Å². The number of aromatic nitrogens is 2. The number of rotatable bonds is 6. The number of aryl methyl sites for hydroxylation is 1. The van der Waals surface area contributed by atoms with Crippen molar-refractivity contribution in [1.29, 1.82) is 0 Å². The Morgan fingerprint density at radius 3 is 2.77 bits per heavy atom. The van der Waals surface area contributed by atoms with Crippen molar-refractivity contribution in [3.63, 3.8) is 0 Å². The molecule has 3 rings (SSSR count). The number of thiophene rings is 1. The van der Waals surface area contributed by atoms with E-state index in [-0.39, 0.29) is 0 Å². The second-order valence-electron chi connectivity index (χ2n) is 6.64. The first-order valence-electron chi connectivity index (χ1n) is 9.25. The van der Waals surface area contributed by atoms with Crippen molar-refractivity contribution in [3.05, 3.63) is 28.2 Å². The summed E-state index contributed by atoms with van der Waals surface area (Å²) in [7, 11) is 1.87. The van der Waals surface area contributed by atoms with Crippen LogP contribution in [0.3, 0.4) is 0 Å². The second kappa shape index (κ2) is 9.32. The number of anilines is 1. The molecular formula is C18H28N6S2. The van der Waals surface area contributed by atoms with E-state index in [1.54, 1.807) is 0 Å². The summed E-state index contributed by atoms with van der Waals surface area (Å²) in [6.45, 7) is 9.17. The molecule has 0 radical (unpaired) electrons. The highest BCUT2D eigenvalue weighted by molar-refractivity contribution is 7.10. The molecule has 0 aromatic carbocycles. The number of piperazine rings is 1. The predicted molar refractivity (Wildman–Crippen MR) is 112 cm³/mol. The summed E-state index contributed by atoms with van der Waals surface area (Å²) in [6.07, 6.45) is 2.02. The Balaban J connectivity index is 1.46. The monoisotopic (exact) mass is 392 g/mol. The largest absolute Gasteiger partial charge is 0.356 e. The molecule has 1 atom stereocenters. The molecule has 0 saturated carbocycles. The Bertz CT molecular complexity index is 688. The standard InChI is InChI=1S/C18H28N6S2/c1-4-16-21-18(26-22-16)24-9-7-23(8-10-24)17(19-3)20-13-14(2)12-15-6-5-11-25-15/h5-6,11,14H,4,7-10,12-13H2,1-3H3,(H,19,20). The van der Waals surface area contributed by atoms with Crippen LogP contribution >= 0.6 is 22.9 Å². The first-order chi connectivity index (χ1) is 12.7. The SMILES string of the molecule is CCc1nsc(N2CCN(C(=NC)NCC(C)Cc3cccs3)CC2)n1. The third-order valence-corrected chi connectivity index (χ3v) is 6.29. The van der Waals surface area contributed by atoms with E-state index >= 15 is 0 Å². The molecule has 0 spiro atoms. The molecule has 0 amide bonds. The van der Waals surface area contributed by atoms with Crippen LogP contribution in [0.1, 0.15) is 24.5 Å². The summed E-state index contributed by atoms with van der Waals surface area (Å²) in [4.78, 5) is 15.2. The summed E-state index contributed by atoms with van der Waals surface area (Å²) in [6, 6.07) is 4.34. The van der Waals surface area contributed by atoms with Gasteiger partial charge in [0, 0.05) is 62.6 Å². The zero-order valence-corrected chi connectivity index (χ0v) is 17.4. The van der Waals surface area contributed by atoms with E-state index in [1.165, 1.54) is 16.4 Å². The highest BCUT2D eigenvalue weighted by atomic mass is 32.1. The van der Waals surface area contributed by atoms with Crippen molar-refractivity contribution >= 4 is 34.0 Å². The molecule has 3 heterocycles. The Kier molecular flexibility index (Phi) is 6.85. The molecular weight excluding hydrogens is 364 g/mol. The number of nitrogens with one attached hydrogen (secondary N) is 1. The molecule has 6 nitrogen and oxygen atoms in total. The van der Waals surface area contributed by atoms with Gasteiger partial charge in [-0.05, 0) is 23.8 Å². The highest BCUT2D eigenvalue weighted by Crippen LogP contribution is 2.19. The lowest BCUT2D eigenvalue weighted by Crippen LogP contribution is -2.53. The Morgan fingerprint density at radius 2 is 2.15 bits per heavy atom. The molecule has 1 unspecified atom stereocenters. The van der Waals surface area contributed by atoms with E-state index < -0.39 is 0 Å². The Hall–Kier alpha value is -1.67. The minimum atomic E-state index is 0.584. The number of hydrogen-bond acceptors (Lipinski definition) is 6. The van der Waals surface area contributed by atoms with Crippen LogP contribution in [0.25, 0.3) is 0 Å². The van der Waals surface area contributed by atoms with E-state index in [4.69, 9.17) is 0 Å². The van der Waals surface area contributed by atoms with E-state index in [9.17, 15) is 0 Å². The van der Waals surface area contributed by atoms with Crippen LogP contribution in [0.15, 0.2) is 22.5 Å². The van der Waals surface area contributed by atoms with Crippen LogP contribution in [0.4, 0.5) is 5.13 Å². The van der Waals surface area contributed by atoms with Gasteiger partial charge >= 0.3 is 0 Å². The van der Waals surface area contributed by atoms with Crippen molar-refractivity contribution < 1.29 is 0 Å². The fraction of sp³-hybridized carbons (Fsp3) is 0.611. The van der Waals surface area contributed by atoms with Gasteiger partial charge in [0.1, 0.15) is 5.82 Å². The smallest absolute Gasteiger partial charge is 0.205 e. The van der Waals surface area contributed by atoms with Gasteiger partial charge in [-0.2, -0.15) is 4.37 Å². The van der Waals surface area contributed by atoms with Crippen LogP contribution in [0.2, 0.25) is 0 Å². The fourth-order valence-corrected chi connectivity index (χ4v) is 4.74. The lowest BCUT2D eigenvalue weighted by atomic mass is 10.1. The minimum absolute atomic E-state index is 0.584. The van der Waals surface area contributed by atoms with Crippen molar-refractivity contribution in [2.24, 2.45) is 10.9 Å². The molecule has 142 valence electrons. The number of nitrogens with zero attached hydrogens (tertiary/aromatic N) is 5. The zero-order valence-electron chi connectivity index (χ0n) is 15.8. The molecule has 1 fully saturated rings. The summed E-state index contributed by atoms with van der Waals surface area (Å²) < 4.78 is 4.40. The average Bonchev–Trinajstić information content (AvgIpc) is 3.34. The van der Waals surface area contributed by atoms with E-state index in [0.717, 1.165) is 62.5 Å². The van der Waals surface area contributed by atoms with Gasteiger partial charge in [-0.25, -0.2) is 4.98 Å². The first-order valence-corrected chi connectivity index (χ1v) is 10.9. The van der Waals surface area contributed by atoms with Crippen molar-refractivity contribution in [2.45, 2.75) is 26.7 Å². The number of hydrogen-bond donors (Lipinski definition) is 1. The van der Waals surface area contributed by atoms with Gasteiger partial charge in [0.25, 0.3) is 0 Å². The van der Waals surface area contributed by atoms with Gasteiger partial charge in [0.15, 0.2) is 5.96 Å². The molecule has 1 saturated heterocycles. The van der Waals surface area contributed by atoms with Crippen LogP contribution < -0.4 is 10.2 Å². The van der Waals surface area contributed by atoms with E-state index in [2.05, 4.69) is 60.8 Å². The molecule has 8 heteroatoms. The first kappa shape index (κ1) is 19.1. The molecule has 26 heavy (non-hydrogen) atoms. The summed E-state index contributed by atoms with van der Waals surface area (Å²) in [5.41, 5.74) is 0. The quantitative estimate of drug-likeness (QED) is 0.605. The van der Waals surface area contributed by atoms with Crippen LogP contribution in [0.5, 0.6) is 0 Å². The van der Waals surface area contributed by atoms with Gasteiger partial charge in [0.2, 0.25) is 5.13 Å². The van der Waals surface area contributed by atoms with E-state index in [0.29, 0.717) is 5.92 Å². The van der Waals surface area contributed by atoms with Gasteiger partial charge < -0.3 is 15.1 Å². The molecule has 2 aromatic heterocycles. The Labute approximate surface area is 164 Å². The second-order valence-corrected chi connectivity index (χ2v) is 8.40. The van der Waals surface area contributed by atoms with Crippen molar-refractivity contribution in [1.82, 2.24) is 19.6 Å². The maximum Gasteiger partial charge on any atom is 0.205 e. The highest BCUT2D eigenvalue weighted by Gasteiger charge is 2.22. The van der Waals surface area contributed by atoms with Crippen molar-refractivity contribution in [3.8, 4) is 0 Å². The summed E-state index contributed by atoms with van der Waals surface area (Å²) in [5.74, 6) is 2.54. The lowest BCUT2D eigenvalue weighted by molar-refractivity contribution is 0.369. The molecule has 2 aromatic rings. The average molecular weight is 393 g/mol. The molecule has 1 N–H and O–H groups in total. The van der Waals surface area contributed by atoms with Gasteiger partial charge in [0.05, 0.1) is 0 Å². The van der Waals surface area contributed by atoms with Crippen LogP contribution in [-0.2, 0) is 12.8 Å². The van der Waals surface area contributed by atoms with Crippen LogP contribution in [0, 0.1) is 5.92 Å². The van der Waals surface area contributed by atoms with Gasteiger partial charge in [-0.15, -0.1) is 11.3 Å². The maximum atomic E-state index is 4.61. The third kappa shape index (κ3) is 4.94. The zero-order chi connectivity index (χ0) is 18.4. The molecule has 0 bridgehead atoms. The number of guanidine groups is 1. The van der Waals surface area contributed by atoms with E-state index in [1.807, 2.05) is 18.4 Å². The molecule has 1 aliphatic rings. The summed E-state index contributed by atoms with van der Waals surface area (Å²) in [5, 5.41) is 6.75. The van der Waals surface area contributed by atoms with Crippen molar-refractivity contribution in [2.75, 3.05) is 44.7 Å². The maximum absolute atomic E-state index is 4.61. The topological polar surface area (TPSA) is 56.7 Å². The fourth-order valence-electron chi connectivity index (χ4n) is 3.07. The summed E-state index contributed by atoms with van der Waals surface area (Å²) >= 11 is 3.35.